The van der Waals surface area contributed by atoms with E-state index in [1.165, 1.54) is 21.9 Å². The fourth-order valence-electron chi connectivity index (χ4n) is 3.78. The van der Waals surface area contributed by atoms with Gasteiger partial charge >= 0.3 is 0 Å². The zero-order valence-electron chi connectivity index (χ0n) is 17.4. The van der Waals surface area contributed by atoms with Gasteiger partial charge in [-0.15, -0.1) is 5.10 Å². The van der Waals surface area contributed by atoms with Gasteiger partial charge in [-0.05, 0) is 48.9 Å². The highest BCUT2D eigenvalue weighted by atomic mass is 15.4. The number of nitrogen functional groups attached to an aromatic ring is 1. The summed E-state index contributed by atoms with van der Waals surface area (Å²) < 4.78 is 1.93. The van der Waals surface area contributed by atoms with Crippen molar-refractivity contribution in [3.05, 3.63) is 77.4 Å². The lowest BCUT2D eigenvalue weighted by Gasteiger charge is -2.05. The Morgan fingerprint density at radius 1 is 1.07 bits per heavy atom. The van der Waals surface area contributed by atoms with Gasteiger partial charge in [-0.3, -0.25) is 0 Å². The van der Waals surface area contributed by atoms with Gasteiger partial charge in [0.15, 0.2) is 5.95 Å². The van der Waals surface area contributed by atoms with Crippen LogP contribution in [0.5, 0.6) is 0 Å². The fraction of sp³-hybridized carbons (Fsp3) is 0.292. The average Bonchev–Trinajstić information content (AvgIpc) is 3.36. The summed E-state index contributed by atoms with van der Waals surface area (Å²) in [4.78, 5) is 7.10. The number of anilines is 1. The Bertz CT molecular complexity index is 1130. The van der Waals surface area contributed by atoms with Crippen molar-refractivity contribution < 1.29 is 0 Å². The van der Waals surface area contributed by atoms with Gasteiger partial charge in [0.25, 0.3) is 0 Å². The van der Waals surface area contributed by atoms with Gasteiger partial charge in [-0.2, -0.15) is 0 Å². The molecule has 4 rings (SSSR count). The topological polar surface area (TPSA) is 85.4 Å². The molecular formula is C24H28N6. The third-order valence-electron chi connectivity index (χ3n) is 5.25. The highest BCUT2D eigenvalue weighted by molar-refractivity contribution is 5.90. The molecule has 0 spiro atoms. The molecule has 154 valence electrons. The molecule has 2 aromatic carbocycles. The summed E-state index contributed by atoms with van der Waals surface area (Å²) in [6.07, 6.45) is 11.4. The third-order valence-corrected chi connectivity index (χ3v) is 5.25. The first-order valence-electron chi connectivity index (χ1n) is 10.5. The van der Waals surface area contributed by atoms with Crippen molar-refractivity contribution in [2.45, 2.75) is 45.6 Å². The number of rotatable bonds is 9. The fourth-order valence-corrected chi connectivity index (χ4v) is 3.78. The largest absolute Gasteiger partial charge is 0.369 e. The van der Waals surface area contributed by atoms with Gasteiger partial charge in [-0.1, -0.05) is 65.7 Å². The normalized spacial score (nSPS) is 12.0. The summed E-state index contributed by atoms with van der Waals surface area (Å²) in [6.45, 7) is 2.89. The number of aromatic amines is 1. The minimum Gasteiger partial charge on any atom is -0.369 e. The van der Waals surface area contributed by atoms with Crippen LogP contribution in [0, 0.1) is 0 Å². The summed E-state index contributed by atoms with van der Waals surface area (Å²) >= 11 is 0. The molecule has 0 unspecified atom stereocenters. The molecule has 30 heavy (non-hydrogen) atoms. The number of imidazole rings is 1. The van der Waals surface area contributed by atoms with Crippen molar-refractivity contribution in [1.82, 2.24) is 25.0 Å². The Morgan fingerprint density at radius 3 is 2.77 bits per heavy atom. The Hall–Kier alpha value is -3.41. The van der Waals surface area contributed by atoms with E-state index < -0.39 is 0 Å². The number of benzene rings is 2. The highest BCUT2D eigenvalue weighted by Gasteiger charge is 2.04. The Labute approximate surface area is 176 Å². The Kier molecular flexibility index (Phi) is 6.23. The van der Waals surface area contributed by atoms with E-state index in [4.69, 9.17) is 5.73 Å². The lowest BCUT2D eigenvalue weighted by molar-refractivity contribution is 0.642. The minimum absolute atomic E-state index is 0.492. The summed E-state index contributed by atoms with van der Waals surface area (Å²) in [7, 11) is 0. The minimum atomic E-state index is 0.492. The number of unbranched alkanes of at least 4 members (excludes halogenated alkanes) is 2. The van der Waals surface area contributed by atoms with Crippen LogP contribution in [0.25, 0.3) is 16.8 Å². The van der Waals surface area contributed by atoms with Crippen molar-refractivity contribution in [1.29, 1.82) is 0 Å². The molecule has 2 heterocycles. The summed E-state index contributed by atoms with van der Waals surface area (Å²) in [5.74, 6) is 0.492. The smallest absolute Gasteiger partial charge is 0.197 e. The second-order valence-corrected chi connectivity index (χ2v) is 7.82. The molecule has 3 N–H and O–H groups in total. The van der Waals surface area contributed by atoms with E-state index in [1.54, 1.807) is 0 Å². The van der Waals surface area contributed by atoms with Crippen molar-refractivity contribution in [2.24, 2.45) is 0 Å². The lowest BCUT2D eigenvalue weighted by Crippen LogP contribution is -1.99. The molecule has 0 aliphatic heterocycles. The van der Waals surface area contributed by atoms with Gasteiger partial charge in [0, 0.05) is 11.9 Å². The van der Waals surface area contributed by atoms with Gasteiger partial charge in [-0.25, -0.2) is 9.67 Å². The number of hydrogen-bond acceptors (Lipinski definition) is 4. The first-order chi connectivity index (χ1) is 14.7. The highest BCUT2D eigenvalue weighted by Crippen LogP contribution is 2.21. The van der Waals surface area contributed by atoms with Crippen LogP contribution in [0.2, 0.25) is 0 Å². The maximum absolute atomic E-state index is 5.60. The van der Waals surface area contributed by atoms with E-state index in [9.17, 15) is 0 Å². The molecule has 2 aromatic heterocycles. The Morgan fingerprint density at radius 2 is 1.90 bits per heavy atom. The van der Waals surface area contributed by atoms with Crippen molar-refractivity contribution >= 4 is 22.8 Å². The van der Waals surface area contributed by atoms with Crippen molar-refractivity contribution in [3.8, 4) is 0 Å². The van der Waals surface area contributed by atoms with Crippen molar-refractivity contribution in [3.63, 3.8) is 0 Å². The van der Waals surface area contributed by atoms with Crippen LogP contribution in [0.15, 0.2) is 60.4 Å². The first-order valence-corrected chi connectivity index (χ1v) is 10.5. The zero-order chi connectivity index (χ0) is 20.8. The third kappa shape index (κ3) is 5.14. The predicted octanol–water partition coefficient (Wildman–Crippen LogP) is 4.80. The van der Waals surface area contributed by atoms with Gasteiger partial charge < -0.3 is 10.7 Å². The van der Waals surface area contributed by atoms with Crippen LogP contribution in [0.1, 0.15) is 43.1 Å². The summed E-state index contributed by atoms with van der Waals surface area (Å²) in [5, 5.41) is 11.2. The quantitative estimate of drug-likeness (QED) is 0.395. The van der Waals surface area contributed by atoms with Crippen LogP contribution < -0.4 is 5.73 Å². The number of aryl methyl sites for hydroxylation is 2. The molecule has 0 radical (unpaired) electrons. The molecule has 0 amide bonds. The Balaban J connectivity index is 1.28. The predicted molar refractivity (Wildman–Crippen MR) is 122 cm³/mol. The standard InChI is InChI=1S/C24H28N6/c1-18(14-20-10-7-9-19-8-5-6-13-23(19)20)16-30-17-22(28-29-30)12-4-2-3-11-21-15-26-24(25)27-21/h5-10,13-15,17H,2-4,11-12,16H2,1H3,(H3,25,26,27)/b18-14+. The van der Waals surface area contributed by atoms with E-state index in [0.717, 1.165) is 50.0 Å². The van der Waals surface area contributed by atoms with E-state index in [1.807, 2.05) is 10.9 Å². The maximum atomic E-state index is 5.60. The van der Waals surface area contributed by atoms with Crippen LogP contribution in [0.3, 0.4) is 0 Å². The number of allylic oxidation sites excluding steroid dienone is 1. The number of hydrogen-bond donors (Lipinski definition) is 2. The SMILES string of the molecule is C/C(=C\c1cccc2ccccc12)Cn1cc(CCCCCc2cnc(N)[nH]2)nn1. The number of nitrogens with zero attached hydrogens (tertiary/aromatic N) is 4. The monoisotopic (exact) mass is 400 g/mol. The number of nitrogens with two attached hydrogens (primary N) is 1. The molecular weight excluding hydrogens is 372 g/mol. The van der Waals surface area contributed by atoms with Crippen LogP contribution in [-0.4, -0.2) is 25.0 Å². The van der Waals surface area contributed by atoms with E-state index in [-0.39, 0.29) is 0 Å². The van der Waals surface area contributed by atoms with Gasteiger partial charge in [0.1, 0.15) is 0 Å². The number of H-pyrrole nitrogens is 1. The van der Waals surface area contributed by atoms with Crippen LogP contribution >= 0.6 is 0 Å². The molecule has 0 bridgehead atoms. The lowest BCUT2D eigenvalue weighted by atomic mass is 10.0. The first kappa shape index (κ1) is 19.9. The summed E-state index contributed by atoms with van der Waals surface area (Å²) in [5.41, 5.74) is 10.3. The van der Waals surface area contributed by atoms with Crippen LogP contribution in [-0.2, 0) is 19.4 Å². The van der Waals surface area contributed by atoms with E-state index in [0.29, 0.717) is 5.95 Å². The van der Waals surface area contributed by atoms with Gasteiger partial charge in [0.05, 0.1) is 18.4 Å². The molecule has 6 nitrogen and oxygen atoms in total. The van der Waals surface area contributed by atoms with Crippen molar-refractivity contribution in [2.75, 3.05) is 5.73 Å². The second kappa shape index (κ2) is 9.39. The molecule has 0 aliphatic rings. The maximum Gasteiger partial charge on any atom is 0.197 e. The molecule has 0 saturated carbocycles. The zero-order valence-corrected chi connectivity index (χ0v) is 17.4. The number of fused-ring (bicyclic) bond motifs is 1. The number of nitrogens with one attached hydrogen (secondary N) is 1. The molecule has 0 aliphatic carbocycles. The average molecular weight is 401 g/mol. The van der Waals surface area contributed by atoms with Crippen LogP contribution in [0.4, 0.5) is 5.95 Å². The molecule has 0 atom stereocenters. The van der Waals surface area contributed by atoms with Gasteiger partial charge in [0.2, 0.25) is 0 Å². The van der Waals surface area contributed by atoms with E-state index in [2.05, 4.69) is 81.9 Å². The molecule has 4 aromatic rings. The molecule has 0 fully saturated rings. The molecule has 0 saturated heterocycles. The second-order valence-electron chi connectivity index (χ2n) is 7.82. The van der Waals surface area contributed by atoms with E-state index >= 15 is 0 Å². The number of aromatic nitrogens is 5. The molecule has 6 heteroatoms. The summed E-state index contributed by atoms with van der Waals surface area (Å²) in [6, 6.07) is 14.9.